The van der Waals surface area contributed by atoms with Crippen molar-refractivity contribution in [2.24, 2.45) is 5.10 Å². The molecule has 0 aliphatic carbocycles. The molecule has 2 heterocycles. The quantitative estimate of drug-likeness (QED) is 0.796. The SMILES string of the molecule is C#CCOc1cc(N2CN3CCCCC3=N2)c(Cl)cc1Cl. The molecule has 0 atom stereocenters. The van der Waals surface area contributed by atoms with Gasteiger partial charge in [-0.05, 0) is 18.9 Å². The molecule has 0 N–H and O–H groups in total. The van der Waals surface area contributed by atoms with Gasteiger partial charge >= 0.3 is 0 Å². The number of ether oxygens (including phenoxy) is 1. The molecule has 1 fully saturated rings. The minimum absolute atomic E-state index is 0.168. The number of terminal acetylenes is 1. The van der Waals surface area contributed by atoms with Crippen molar-refractivity contribution < 1.29 is 4.74 Å². The molecule has 6 heteroatoms. The molecule has 0 aromatic heterocycles. The van der Waals surface area contributed by atoms with Crippen LogP contribution in [0.3, 0.4) is 0 Å². The number of amidine groups is 1. The molecule has 110 valence electrons. The van der Waals surface area contributed by atoms with Gasteiger partial charge in [-0.15, -0.1) is 6.42 Å². The van der Waals surface area contributed by atoms with Crippen LogP contribution in [0.25, 0.3) is 0 Å². The molecule has 1 aromatic rings. The maximum atomic E-state index is 6.30. The van der Waals surface area contributed by atoms with Gasteiger partial charge in [0, 0.05) is 19.0 Å². The Morgan fingerprint density at radius 1 is 1.29 bits per heavy atom. The van der Waals surface area contributed by atoms with Gasteiger partial charge in [0.2, 0.25) is 0 Å². The third kappa shape index (κ3) is 2.90. The van der Waals surface area contributed by atoms with Gasteiger partial charge in [-0.1, -0.05) is 29.1 Å². The van der Waals surface area contributed by atoms with Crippen LogP contribution in [0.2, 0.25) is 10.0 Å². The average Bonchev–Trinajstić information content (AvgIpc) is 2.90. The summed E-state index contributed by atoms with van der Waals surface area (Å²) < 4.78 is 5.44. The fourth-order valence-electron chi connectivity index (χ4n) is 2.55. The number of piperidine rings is 1. The number of anilines is 1. The molecule has 2 aliphatic rings. The summed E-state index contributed by atoms with van der Waals surface area (Å²) in [4.78, 5) is 2.27. The number of rotatable bonds is 3. The molecule has 21 heavy (non-hydrogen) atoms. The summed E-state index contributed by atoms with van der Waals surface area (Å²) in [6, 6.07) is 3.46. The third-order valence-corrected chi connectivity index (χ3v) is 4.17. The fourth-order valence-corrected chi connectivity index (χ4v) is 3.08. The van der Waals surface area contributed by atoms with Gasteiger partial charge in [0.25, 0.3) is 0 Å². The van der Waals surface area contributed by atoms with Gasteiger partial charge in [0.1, 0.15) is 24.9 Å². The van der Waals surface area contributed by atoms with Crippen molar-refractivity contribution in [2.45, 2.75) is 19.3 Å². The Hall–Kier alpha value is -1.57. The van der Waals surface area contributed by atoms with E-state index >= 15 is 0 Å². The molecule has 0 unspecified atom stereocenters. The topological polar surface area (TPSA) is 28.1 Å². The van der Waals surface area contributed by atoms with Crippen LogP contribution >= 0.6 is 23.2 Å². The number of halogens is 2. The highest BCUT2D eigenvalue weighted by atomic mass is 35.5. The summed E-state index contributed by atoms with van der Waals surface area (Å²) in [5, 5.41) is 7.54. The van der Waals surface area contributed by atoms with Crippen LogP contribution in [0.15, 0.2) is 17.2 Å². The monoisotopic (exact) mass is 323 g/mol. The first-order valence-corrected chi connectivity index (χ1v) is 7.60. The maximum Gasteiger partial charge on any atom is 0.148 e. The zero-order chi connectivity index (χ0) is 14.8. The minimum Gasteiger partial charge on any atom is -0.479 e. The Labute approximate surface area is 134 Å². The van der Waals surface area contributed by atoms with Crippen LogP contribution in [0, 0.1) is 12.3 Å². The van der Waals surface area contributed by atoms with Crippen molar-refractivity contribution in [2.75, 3.05) is 24.8 Å². The van der Waals surface area contributed by atoms with Gasteiger partial charge in [-0.3, -0.25) is 0 Å². The maximum absolute atomic E-state index is 6.30. The Bertz CT molecular complexity index is 624. The van der Waals surface area contributed by atoms with Crippen molar-refractivity contribution >= 4 is 34.7 Å². The first-order valence-electron chi connectivity index (χ1n) is 6.84. The van der Waals surface area contributed by atoms with E-state index in [1.165, 1.54) is 12.8 Å². The second-order valence-electron chi connectivity index (χ2n) is 5.00. The normalized spacial score (nSPS) is 17.3. The highest BCUT2D eigenvalue weighted by Crippen LogP contribution is 2.38. The van der Waals surface area contributed by atoms with E-state index in [0.717, 1.165) is 24.5 Å². The molecule has 2 aliphatic heterocycles. The standard InChI is InChI=1S/C15H15Cl2N3O/c1-2-7-21-14-9-13(11(16)8-12(14)17)20-10-19-6-4-3-5-15(19)18-20/h1,8-9H,3-7,10H2. The van der Waals surface area contributed by atoms with E-state index in [1.54, 1.807) is 12.1 Å². The van der Waals surface area contributed by atoms with E-state index in [1.807, 2.05) is 5.01 Å². The third-order valence-electron chi connectivity index (χ3n) is 3.57. The van der Waals surface area contributed by atoms with Crippen LogP contribution in [0.4, 0.5) is 5.69 Å². The fraction of sp³-hybridized carbons (Fsp3) is 0.400. The van der Waals surface area contributed by atoms with Crippen molar-refractivity contribution in [3.8, 4) is 18.1 Å². The Morgan fingerprint density at radius 2 is 2.14 bits per heavy atom. The summed E-state index contributed by atoms with van der Waals surface area (Å²) in [5.74, 6) is 4.07. The van der Waals surface area contributed by atoms with E-state index in [-0.39, 0.29) is 6.61 Å². The number of fused-ring (bicyclic) bond motifs is 1. The lowest BCUT2D eigenvalue weighted by molar-refractivity contribution is 0.370. The van der Waals surface area contributed by atoms with Crippen molar-refractivity contribution in [1.82, 2.24) is 4.90 Å². The Morgan fingerprint density at radius 3 is 2.90 bits per heavy atom. The Kier molecular flexibility index (Phi) is 4.14. The molecular formula is C15H15Cl2N3O. The zero-order valence-corrected chi connectivity index (χ0v) is 13.0. The van der Waals surface area contributed by atoms with Crippen LogP contribution < -0.4 is 9.75 Å². The smallest absolute Gasteiger partial charge is 0.148 e. The predicted octanol–water partition coefficient (Wildman–Crippen LogP) is 3.58. The number of nitrogens with zero attached hydrogens (tertiary/aromatic N) is 3. The lowest BCUT2D eigenvalue weighted by Crippen LogP contribution is -2.34. The van der Waals surface area contributed by atoms with Gasteiger partial charge in [-0.2, -0.15) is 5.10 Å². The van der Waals surface area contributed by atoms with Crippen molar-refractivity contribution in [3.63, 3.8) is 0 Å². The van der Waals surface area contributed by atoms with Crippen LogP contribution in [-0.2, 0) is 0 Å². The van der Waals surface area contributed by atoms with E-state index in [9.17, 15) is 0 Å². The van der Waals surface area contributed by atoms with E-state index < -0.39 is 0 Å². The molecule has 3 rings (SSSR count). The lowest BCUT2D eigenvalue weighted by Gasteiger charge is -2.25. The van der Waals surface area contributed by atoms with Crippen LogP contribution in [0.5, 0.6) is 5.75 Å². The van der Waals surface area contributed by atoms with Gasteiger partial charge in [0.15, 0.2) is 0 Å². The number of hydrazone groups is 1. The Balaban J connectivity index is 1.88. The molecule has 0 radical (unpaired) electrons. The van der Waals surface area contributed by atoms with Crippen molar-refractivity contribution in [1.29, 1.82) is 0 Å². The van der Waals surface area contributed by atoms with Gasteiger partial charge in [-0.25, -0.2) is 5.01 Å². The predicted molar refractivity (Wildman–Crippen MR) is 86.1 cm³/mol. The minimum atomic E-state index is 0.168. The average molecular weight is 324 g/mol. The first-order chi connectivity index (χ1) is 10.2. The second kappa shape index (κ2) is 6.05. The van der Waals surface area contributed by atoms with E-state index in [4.69, 9.17) is 34.4 Å². The van der Waals surface area contributed by atoms with E-state index in [2.05, 4.69) is 15.9 Å². The van der Waals surface area contributed by atoms with E-state index in [0.29, 0.717) is 22.5 Å². The molecular weight excluding hydrogens is 309 g/mol. The van der Waals surface area contributed by atoms with Crippen molar-refractivity contribution in [3.05, 3.63) is 22.2 Å². The van der Waals surface area contributed by atoms with Crippen LogP contribution in [0.1, 0.15) is 19.3 Å². The number of hydrogen-bond acceptors (Lipinski definition) is 4. The second-order valence-corrected chi connectivity index (χ2v) is 5.82. The van der Waals surface area contributed by atoms with Gasteiger partial charge < -0.3 is 9.64 Å². The molecule has 0 spiro atoms. The summed E-state index contributed by atoms with van der Waals surface area (Å²) in [7, 11) is 0. The molecule has 1 aromatic carbocycles. The van der Waals surface area contributed by atoms with Crippen LogP contribution in [-0.4, -0.2) is 30.6 Å². The highest BCUT2D eigenvalue weighted by molar-refractivity contribution is 6.37. The number of benzene rings is 1. The molecule has 0 bridgehead atoms. The summed E-state index contributed by atoms with van der Waals surface area (Å²) >= 11 is 12.4. The highest BCUT2D eigenvalue weighted by Gasteiger charge is 2.27. The molecule has 4 nitrogen and oxygen atoms in total. The number of hydrogen-bond donors (Lipinski definition) is 0. The zero-order valence-electron chi connectivity index (χ0n) is 11.5. The lowest BCUT2D eigenvalue weighted by atomic mass is 10.1. The first kappa shape index (κ1) is 14.4. The molecule has 0 saturated carbocycles. The largest absolute Gasteiger partial charge is 0.479 e. The summed E-state index contributed by atoms with van der Waals surface area (Å²) in [6.45, 7) is 1.92. The van der Waals surface area contributed by atoms with Gasteiger partial charge in [0.05, 0.1) is 15.7 Å². The molecule has 0 amide bonds. The molecule has 1 saturated heterocycles. The summed E-state index contributed by atoms with van der Waals surface area (Å²) in [5.41, 5.74) is 0.787. The summed E-state index contributed by atoms with van der Waals surface area (Å²) in [6.07, 6.45) is 8.62.